The Balaban J connectivity index is 1.97. The van der Waals surface area contributed by atoms with Gasteiger partial charge in [-0.15, -0.1) is 11.8 Å². The third kappa shape index (κ3) is 1.73. The Hall–Kier alpha value is -1.10. The van der Waals surface area contributed by atoms with Crippen LogP contribution in [-0.4, -0.2) is 29.4 Å². The molecule has 1 aliphatic heterocycles. The van der Waals surface area contributed by atoms with Crippen molar-refractivity contribution >= 4 is 23.6 Å². The molecule has 1 aliphatic carbocycles. The highest BCUT2D eigenvalue weighted by Gasteiger charge is 2.42. The molecule has 0 bridgehead atoms. The number of aromatic carboxylic acids is 1. The maximum absolute atomic E-state index is 10.9. The second-order valence-electron chi connectivity index (χ2n) is 4.93. The zero-order valence-corrected chi connectivity index (χ0v) is 10.5. The van der Waals surface area contributed by atoms with Crippen LogP contribution in [0.3, 0.4) is 0 Å². The van der Waals surface area contributed by atoms with E-state index >= 15 is 0 Å². The molecule has 1 spiro atoms. The molecule has 0 amide bonds. The molecular weight excluding hydrogens is 238 g/mol. The van der Waals surface area contributed by atoms with Crippen molar-refractivity contribution in [3.8, 4) is 0 Å². The van der Waals surface area contributed by atoms with Gasteiger partial charge in [-0.3, -0.25) is 0 Å². The molecule has 1 fully saturated rings. The Morgan fingerprint density at radius 2 is 2.24 bits per heavy atom. The Morgan fingerprint density at radius 3 is 2.88 bits per heavy atom. The minimum Gasteiger partial charge on any atom is -0.475 e. The molecule has 1 saturated carbocycles. The van der Waals surface area contributed by atoms with Crippen molar-refractivity contribution in [3.63, 3.8) is 0 Å². The molecule has 17 heavy (non-hydrogen) atoms. The van der Waals surface area contributed by atoms with Crippen LogP contribution in [-0.2, 0) is 0 Å². The zero-order chi connectivity index (χ0) is 12.0. The molecular formula is C12H15NO3S. The number of hydrogen-bond donors (Lipinski definition) is 1. The van der Waals surface area contributed by atoms with Gasteiger partial charge in [-0.25, -0.2) is 4.79 Å². The molecule has 1 aromatic rings. The van der Waals surface area contributed by atoms with Crippen LogP contribution >= 0.6 is 11.8 Å². The van der Waals surface area contributed by atoms with E-state index in [2.05, 4.69) is 4.90 Å². The van der Waals surface area contributed by atoms with E-state index in [4.69, 9.17) is 9.52 Å². The molecule has 5 heteroatoms. The van der Waals surface area contributed by atoms with Crippen LogP contribution in [0.4, 0.5) is 5.88 Å². The van der Waals surface area contributed by atoms with Crippen molar-refractivity contribution < 1.29 is 14.3 Å². The summed E-state index contributed by atoms with van der Waals surface area (Å²) in [5.74, 6) is -0.233. The number of anilines is 1. The van der Waals surface area contributed by atoms with Gasteiger partial charge in [0.15, 0.2) is 0 Å². The number of carboxylic acid groups (broad SMARTS) is 1. The SMILES string of the molecule is CN1CC2(CCCC2)Sc2cc(C(=O)O)oc21. The highest BCUT2D eigenvalue weighted by atomic mass is 32.2. The summed E-state index contributed by atoms with van der Waals surface area (Å²) < 4.78 is 5.67. The molecule has 92 valence electrons. The van der Waals surface area contributed by atoms with Gasteiger partial charge in [0.25, 0.3) is 0 Å². The van der Waals surface area contributed by atoms with Gasteiger partial charge in [0.2, 0.25) is 11.6 Å². The van der Waals surface area contributed by atoms with Crippen molar-refractivity contribution in [2.24, 2.45) is 0 Å². The topological polar surface area (TPSA) is 53.7 Å². The fourth-order valence-corrected chi connectivity index (χ4v) is 4.53. The summed E-state index contributed by atoms with van der Waals surface area (Å²) >= 11 is 1.81. The molecule has 2 aliphatic rings. The summed E-state index contributed by atoms with van der Waals surface area (Å²) in [5, 5.41) is 8.96. The second-order valence-corrected chi connectivity index (χ2v) is 6.44. The van der Waals surface area contributed by atoms with E-state index < -0.39 is 5.97 Å². The molecule has 0 atom stereocenters. The third-order valence-electron chi connectivity index (χ3n) is 3.60. The van der Waals surface area contributed by atoms with E-state index in [1.807, 2.05) is 18.8 Å². The number of hydrogen-bond acceptors (Lipinski definition) is 4. The predicted molar refractivity (Wildman–Crippen MR) is 66.0 cm³/mol. The highest BCUT2D eigenvalue weighted by Crippen LogP contribution is 2.52. The molecule has 0 saturated heterocycles. The van der Waals surface area contributed by atoms with Gasteiger partial charge >= 0.3 is 5.97 Å². The van der Waals surface area contributed by atoms with E-state index in [9.17, 15) is 4.79 Å². The average Bonchev–Trinajstić information content (AvgIpc) is 2.85. The lowest BCUT2D eigenvalue weighted by Crippen LogP contribution is -2.39. The average molecular weight is 253 g/mol. The molecule has 1 N–H and O–H groups in total. The summed E-state index contributed by atoms with van der Waals surface area (Å²) in [5.41, 5.74) is 0. The van der Waals surface area contributed by atoms with E-state index in [-0.39, 0.29) is 10.5 Å². The van der Waals surface area contributed by atoms with Gasteiger partial charge in [-0.1, -0.05) is 12.8 Å². The van der Waals surface area contributed by atoms with Crippen LogP contribution in [0.1, 0.15) is 36.2 Å². The highest BCUT2D eigenvalue weighted by molar-refractivity contribution is 8.01. The minimum absolute atomic E-state index is 0.0457. The summed E-state index contributed by atoms with van der Waals surface area (Å²) in [6.07, 6.45) is 4.99. The van der Waals surface area contributed by atoms with Crippen molar-refractivity contribution in [3.05, 3.63) is 11.8 Å². The van der Waals surface area contributed by atoms with E-state index in [0.717, 1.165) is 11.4 Å². The Labute approximate surface area is 104 Å². The van der Waals surface area contributed by atoms with Gasteiger partial charge in [0.1, 0.15) is 0 Å². The lowest BCUT2D eigenvalue weighted by Gasteiger charge is -2.37. The van der Waals surface area contributed by atoms with Crippen LogP contribution in [0, 0.1) is 0 Å². The van der Waals surface area contributed by atoms with Gasteiger partial charge in [-0.05, 0) is 12.8 Å². The second kappa shape index (κ2) is 3.70. The largest absolute Gasteiger partial charge is 0.475 e. The first-order chi connectivity index (χ1) is 8.10. The molecule has 1 aromatic heterocycles. The van der Waals surface area contributed by atoms with Crippen molar-refractivity contribution in [2.75, 3.05) is 18.5 Å². The smallest absolute Gasteiger partial charge is 0.371 e. The first-order valence-corrected chi connectivity index (χ1v) is 6.69. The van der Waals surface area contributed by atoms with Crippen LogP contribution in [0.5, 0.6) is 0 Å². The number of carboxylic acids is 1. The van der Waals surface area contributed by atoms with E-state index in [0.29, 0.717) is 5.88 Å². The van der Waals surface area contributed by atoms with Gasteiger partial charge in [-0.2, -0.15) is 0 Å². The fraction of sp³-hybridized carbons (Fsp3) is 0.583. The zero-order valence-electron chi connectivity index (χ0n) is 9.73. The fourth-order valence-electron chi connectivity index (χ4n) is 2.86. The number of nitrogens with zero attached hydrogens (tertiary/aromatic N) is 1. The summed E-state index contributed by atoms with van der Waals surface area (Å²) in [6, 6.07) is 1.66. The molecule has 2 heterocycles. The third-order valence-corrected chi connectivity index (χ3v) is 5.09. The minimum atomic E-state index is -0.992. The monoisotopic (exact) mass is 253 g/mol. The first-order valence-electron chi connectivity index (χ1n) is 5.87. The Kier molecular flexibility index (Phi) is 2.40. The summed E-state index contributed by atoms with van der Waals surface area (Å²) in [6.45, 7) is 0.956. The molecule has 3 rings (SSSR count). The van der Waals surface area contributed by atoms with E-state index in [1.54, 1.807) is 6.07 Å². The predicted octanol–water partition coefficient (Wildman–Crippen LogP) is 2.83. The van der Waals surface area contributed by atoms with Crippen molar-refractivity contribution in [2.45, 2.75) is 35.3 Å². The normalized spacial score (nSPS) is 21.8. The molecule has 0 aromatic carbocycles. The van der Waals surface area contributed by atoms with Crippen LogP contribution < -0.4 is 4.90 Å². The van der Waals surface area contributed by atoms with Gasteiger partial charge < -0.3 is 14.4 Å². The number of thioether (sulfide) groups is 1. The standard InChI is InChI=1S/C12H15NO3S/c1-13-7-12(4-2-3-5-12)17-9-6-8(11(14)15)16-10(9)13/h6H,2-5,7H2,1H3,(H,14,15). The Morgan fingerprint density at radius 1 is 1.53 bits per heavy atom. The number of furan rings is 1. The maximum atomic E-state index is 10.9. The van der Waals surface area contributed by atoms with E-state index in [1.165, 1.54) is 25.7 Å². The first kappa shape index (κ1) is 11.0. The van der Waals surface area contributed by atoms with Crippen LogP contribution in [0.25, 0.3) is 0 Å². The number of rotatable bonds is 1. The quantitative estimate of drug-likeness (QED) is 0.834. The molecule has 0 unspecified atom stereocenters. The molecule has 0 radical (unpaired) electrons. The van der Waals surface area contributed by atoms with Crippen LogP contribution in [0.2, 0.25) is 0 Å². The maximum Gasteiger partial charge on any atom is 0.371 e. The van der Waals surface area contributed by atoms with Crippen molar-refractivity contribution in [1.29, 1.82) is 0 Å². The molecule has 4 nitrogen and oxygen atoms in total. The summed E-state index contributed by atoms with van der Waals surface area (Å²) in [7, 11) is 1.98. The number of fused-ring (bicyclic) bond motifs is 1. The van der Waals surface area contributed by atoms with Gasteiger partial charge in [0.05, 0.1) is 4.90 Å². The van der Waals surface area contributed by atoms with Crippen LogP contribution in [0.15, 0.2) is 15.4 Å². The van der Waals surface area contributed by atoms with Crippen molar-refractivity contribution in [1.82, 2.24) is 0 Å². The number of carbonyl (C=O) groups is 1. The van der Waals surface area contributed by atoms with Gasteiger partial charge in [0, 0.05) is 24.4 Å². The lowest BCUT2D eigenvalue weighted by atomic mass is 10.1. The summed E-state index contributed by atoms with van der Waals surface area (Å²) in [4.78, 5) is 14.0. The lowest BCUT2D eigenvalue weighted by molar-refractivity contribution is 0.0663. The Bertz CT molecular complexity index is 462.